The van der Waals surface area contributed by atoms with Gasteiger partial charge in [0.05, 0.1) is 13.2 Å². The molecule has 1 fully saturated rings. The predicted octanol–water partition coefficient (Wildman–Crippen LogP) is 3.23. The lowest BCUT2D eigenvalue weighted by molar-refractivity contribution is 0.140. The molecule has 1 atom stereocenters. The summed E-state index contributed by atoms with van der Waals surface area (Å²) in [6, 6.07) is 12.1. The van der Waals surface area contributed by atoms with E-state index in [0.717, 1.165) is 35.7 Å². The van der Waals surface area contributed by atoms with Crippen LogP contribution in [0.15, 0.2) is 60.0 Å². The molecule has 8 nitrogen and oxygen atoms in total. The van der Waals surface area contributed by atoms with Crippen molar-refractivity contribution in [3.05, 3.63) is 71.7 Å². The van der Waals surface area contributed by atoms with Crippen LogP contribution >= 0.6 is 24.0 Å². The number of rotatable bonds is 7. The Morgan fingerprint density at radius 1 is 1.22 bits per heavy atom. The minimum atomic E-state index is 0. The summed E-state index contributed by atoms with van der Waals surface area (Å²) >= 11 is 0. The maximum absolute atomic E-state index is 6.19. The largest absolute Gasteiger partial charge is 0.488 e. The Hall–Kier alpha value is -2.66. The minimum Gasteiger partial charge on any atom is -0.488 e. The van der Waals surface area contributed by atoms with Crippen LogP contribution in [0, 0.1) is 6.92 Å². The van der Waals surface area contributed by atoms with Gasteiger partial charge in [0.2, 0.25) is 0 Å². The van der Waals surface area contributed by atoms with Crippen molar-refractivity contribution in [2.75, 3.05) is 20.3 Å². The van der Waals surface area contributed by atoms with E-state index in [1.807, 2.05) is 24.4 Å². The zero-order valence-electron chi connectivity index (χ0n) is 18.3. The first-order valence-electron chi connectivity index (χ1n) is 10.4. The maximum atomic E-state index is 6.19. The van der Waals surface area contributed by atoms with E-state index >= 15 is 0 Å². The van der Waals surface area contributed by atoms with Crippen LogP contribution in [0.2, 0.25) is 0 Å². The molecular weight excluding hydrogens is 519 g/mol. The number of nitrogens with one attached hydrogen (secondary N) is 2. The van der Waals surface area contributed by atoms with Gasteiger partial charge in [-0.1, -0.05) is 12.1 Å². The van der Waals surface area contributed by atoms with E-state index in [1.165, 1.54) is 5.56 Å². The number of benzene rings is 1. The van der Waals surface area contributed by atoms with Crippen molar-refractivity contribution in [2.24, 2.45) is 4.99 Å². The first-order valence-corrected chi connectivity index (χ1v) is 10.4. The molecule has 2 N–H and O–H groups in total. The molecule has 1 saturated heterocycles. The van der Waals surface area contributed by atoms with Crippen LogP contribution in [0.5, 0.6) is 5.75 Å². The summed E-state index contributed by atoms with van der Waals surface area (Å²) in [5, 5.41) is 11.0. The van der Waals surface area contributed by atoms with Crippen molar-refractivity contribution in [3.8, 4) is 11.6 Å². The molecule has 1 aliphatic rings. The SMILES string of the molecule is CN=C(NCc1ccnc(-n2cccn2)c1)NCc1ccc(C)cc1OC1CCOC1.I. The number of pyridine rings is 1. The Bertz CT molecular complexity index is 1020. The molecule has 1 aliphatic heterocycles. The van der Waals surface area contributed by atoms with Crippen LogP contribution in [0.25, 0.3) is 5.82 Å². The topological polar surface area (TPSA) is 85.6 Å². The number of aromatic nitrogens is 3. The van der Waals surface area contributed by atoms with Crippen LogP contribution in [0.3, 0.4) is 0 Å². The van der Waals surface area contributed by atoms with Gasteiger partial charge in [-0.3, -0.25) is 4.99 Å². The number of hydrogen-bond donors (Lipinski definition) is 2. The van der Waals surface area contributed by atoms with Crippen LogP contribution in [-0.4, -0.2) is 47.1 Å². The fourth-order valence-electron chi connectivity index (χ4n) is 3.39. The Morgan fingerprint density at radius 2 is 2.09 bits per heavy atom. The molecule has 1 aromatic carbocycles. The highest BCUT2D eigenvalue weighted by molar-refractivity contribution is 14.0. The third-order valence-electron chi connectivity index (χ3n) is 5.08. The van der Waals surface area contributed by atoms with Gasteiger partial charge < -0.3 is 20.1 Å². The third kappa shape index (κ3) is 6.42. The van der Waals surface area contributed by atoms with Crippen molar-refractivity contribution < 1.29 is 9.47 Å². The molecule has 0 aliphatic carbocycles. The molecule has 3 aromatic rings. The van der Waals surface area contributed by atoms with Gasteiger partial charge in [0.15, 0.2) is 11.8 Å². The standard InChI is InChI=1S/C23H28N6O2.HI/c1-17-4-5-19(21(12-17)31-20-7-11-30-16-20)15-27-23(24-2)26-14-18-6-9-25-22(13-18)29-10-3-8-28-29;/h3-6,8-10,12-13,20H,7,11,14-16H2,1-2H3,(H2,24,26,27);1H. The van der Waals surface area contributed by atoms with E-state index in [1.54, 1.807) is 24.1 Å². The third-order valence-corrected chi connectivity index (χ3v) is 5.08. The smallest absolute Gasteiger partial charge is 0.191 e. The molecule has 9 heteroatoms. The highest BCUT2D eigenvalue weighted by atomic mass is 127. The molecule has 3 heterocycles. The van der Waals surface area contributed by atoms with Gasteiger partial charge in [0, 0.05) is 50.7 Å². The van der Waals surface area contributed by atoms with Gasteiger partial charge in [-0.25, -0.2) is 9.67 Å². The average molecular weight is 548 g/mol. The predicted molar refractivity (Wildman–Crippen MR) is 135 cm³/mol. The molecule has 0 saturated carbocycles. The van der Waals surface area contributed by atoms with Gasteiger partial charge in [-0.2, -0.15) is 5.10 Å². The van der Waals surface area contributed by atoms with Crippen molar-refractivity contribution in [1.29, 1.82) is 0 Å². The summed E-state index contributed by atoms with van der Waals surface area (Å²) in [7, 11) is 1.76. The van der Waals surface area contributed by atoms with Crippen LogP contribution in [0.4, 0.5) is 0 Å². The summed E-state index contributed by atoms with van der Waals surface area (Å²) in [5.74, 6) is 2.40. The summed E-state index contributed by atoms with van der Waals surface area (Å²) in [6.45, 7) is 4.71. The summed E-state index contributed by atoms with van der Waals surface area (Å²) in [4.78, 5) is 8.71. The average Bonchev–Trinajstić information content (AvgIpc) is 3.50. The van der Waals surface area contributed by atoms with E-state index in [4.69, 9.17) is 9.47 Å². The molecule has 4 rings (SSSR count). The normalized spacial score (nSPS) is 15.8. The number of aryl methyl sites for hydroxylation is 1. The molecule has 32 heavy (non-hydrogen) atoms. The first-order chi connectivity index (χ1) is 15.2. The van der Waals surface area contributed by atoms with Gasteiger partial charge in [-0.05, 0) is 42.3 Å². The van der Waals surface area contributed by atoms with Crippen LogP contribution in [0.1, 0.15) is 23.1 Å². The van der Waals surface area contributed by atoms with Crippen LogP contribution < -0.4 is 15.4 Å². The number of hydrogen-bond acceptors (Lipinski definition) is 5. The fraction of sp³-hybridized carbons (Fsp3) is 0.348. The van der Waals surface area contributed by atoms with Gasteiger partial charge >= 0.3 is 0 Å². The fourth-order valence-corrected chi connectivity index (χ4v) is 3.39. The molecule has 0 bridgehead atoms. The highest BCUT2D eigenvalue weighted by Crippen LogP contribution is 2.23. The first kappa shape index (κ1) is 24.0. The van der Waals surface area contributed by atoms with E-state index in [0.29, 0.717) is 25.7 Å². The Balaban J connectivity index is 0.00000289. The summed E-state index contributed by atoms with van der Waals surface area (Å²) < 4.78 is 13.4. The monoisotopic (exact) mass is 548 g/mol. The molecule has 170 valence electrons. The zero-order valence-corrected chi connectivity index (χ0v) is 20.7. The van der Waals surface area contributed by atoms with Gasteiger partial charge in [-0.15, -0.1) is 24.0 Å². The number of aliphatic imine (C=N–C) groups is 1. The lowest BCUT2D eigenvalue weighted by atomic mass is 10.1. The number of guanidine groups is 1. The zero-order chi connectivity index (χ0) is 21.5. The second kappa shape index (κ2) is 11.8. The molecule has 2 aromatic heterocycles. The van der Waals surface area contributed by atoms with E-state index < -0.39 is 0 Å². The lowest BCUT2D eigenvalue weighted by Gasteiger charge is -2.18. The van der Waals surface area contributed by atoms with Gasteiger partial charge in [0.25, 0.3) is 0 Å². The van der Waals surface area contributed by atoms with Crippen molar-refractivity contribution >= 4 is 29.9 Å². The van der Waals surface area contributed by atoms with E-state index in [-0.39, 0.29) is 30.1 Å². The quantitative estimate of drug-likeness (QED) is 0.268. The molecule has 0 amide bonds. The van der Waals surface area contributed by atoms with Crippen molar-refractivity contribution in [3.63, 3.8) is 0 Å². The summed E-state index contributed by atoms with van der Waals surface area (Å²) in [5.41, 5.74) is 3.35. The molecule has 1 unspecified atom stereocenters. The Labute approximate surface area is 205 Å². The second-order valence-corrected chi connectivity index (χ2v) is 7.47. The van der Waals surface area contributed by atoms with E-state index in [2.05, 4.69) is 50.8 Å². The molecular formula is C23H29IN6O2. The maximum Gasteiger partial charge on any atom is 0.191 e. The van der Waals surface area contributed by atoms with E-state index in [9.17, 15) is 0 Å². The summed E-state index contributed by atoms with van der Waals surface area (Å²) in [6.07, 6.45) is 6.44. The van der Waals surface area contributed by atoms with Crippen molar-refractivity contribution in [1.82, 2.24) is 25.4 Å². The number of halogens is 1. The second-order valence-electron chi connectivity index (χ2n) is 7.47. The van der Waals surface area contributed by atoms with Gasteiger partial charge in [0.1, 0.15) is 11.9 Å². The van der Waals surface area contributed by atoms with Crippen molar-refractivity contribution in [2.45, 2.75) is 32.5 Å². The molecule has 0 radical (unpaired) electrons. The highest BCUT2D eigenvalue weighted by Gasteiger charge is 2.18. The molecule has 0 spiro atoms. The Kier molecular flexibility index (Phi) is 8.86. The number of ether oxygens (including phenoxy) is 2. The Morgan fingerprint density at radius 3 is 2.84 bits per heavy atom. The number of nitrogens with zero attached hydrogens (tertiary/aromatic N) is 4. The minimum absolute atomic E-state index is 0. The van der Waals surface area contributed by atoms with Crippen LogP contribution in [-0.2, 0) is 17.8 Å². The lowest BCUT2D eigenvalue weighted by Crippen LogP contribution is -2.36.